The van der Waals surface area contributed by atoms with E-state index in [2.05, 4.69) is 0 Å². The molecule has 1 aromatic heterocycles. The predicted molar refractivity (Wildman–Crippen MR) is 84.1 cm³/mol. The number of nitrogens with zero attached hydrogens (tertiary/aromatic N) is 1. The Labute approximate surface area is 136 Å². The third kappa shape index (κ3) is 5.36. The summed E-state index contributed by atoms with van der Waals surface area (Å²) >= 11 is 0. The van der Waals surface area contributed by atoms with Crippen LogP contribution in [-0.2, 0) is 26.6 Å². The second-order valence-corrected chi connectivity index (χ2v) is 7.38. The van der Waals surface area contributed by atoms with Crippen molar-refractivity contribution < 1.29 is 22.7 Å². The van der Waals surface area contributed by atoms with Crippen LogP contribution in [-0.4, -0.2) is 37.5 Å². The van der Waals surface area contributed by atoms with E-state index >= 15 is 0 Å². The molecule has 8 nitrogen and oxygen atoms in total. The standard InChI is InChI=1S/C14H23N3O5S/c1-9(2)5-6-22-10(3)14(19)16-23(20,21)11-7-12(13(15)18)17(4)8-11/h7-10H,5-6H2,1-4H3,(H2,15,18)(H,16,19). The minimum absolute atomic E-state index is 0.0269. The molecule has 0 radical (unpaired) electrons. The number of ether oxygens (including phenoxy) is 1. The van der Waals surface area contributed by atoms with Gasteiger partial charge in [0.15, 0.2) is 0 Å². The summed E-state index contributed by atoms with van der Waals surface area (Å²) in [7, 11) is -2.60. The van der Waals surface area contributed by atoms with Crippen molar-refractivity contribution in [3.63, 3.8) is 0 Å². The van der Waals surface area contributed by atoms with Gasteiger partial charge in [0.2, 0.25) is 0 Å². The maximum atomic E-state index is 12.2. The Morgan fingerprint density at radius 1 is 1.35 bits per heavy atom. The zero-order valence-electron chi connectivity index (χ0n) is 13.7. The quantitative estimate of drug-likeness (QED) is 0.705. The van der Waals surface area contributed by atoms with Gasteiger partial charge in [0, 0.05) is 19.9 Å². The van der Waals surface area contributed by atoms with Crippen LogP contribution in [0.25, 0.3) is 0 Å². The van der Waals surface area contributed by atoms with Gasteiger partial charge >= 0.3 is 0 Å². The smallest absolute Gasteiger partial charge is 0.265 e. The number of aromatic nitrogens is 1. The van der Waals surface area contributed by atoms with Crippen LogP contribution in [0.4, 0.5) is 0 Å². The summed E-state index contributed by atoms with van der Waals surface area (Å²) in [4.78, 5) is 22.9. The molecule has 1 atom stereocenters. The van der Waals surface area contributed by atoms with E-state index < -0.39 is 27.9 Å². The third-order valence-corrected chi connectivity index (χ3v) is 4.52. The van der Waals surface area contributed by atoms with Crippen molar-refractivity contribution >= 4 is 21.8 Å². The predicted octanol–water partition coefficient (Wildman–Crippen LogP) is 0.380. The minimum atomic E-state index is -4.09. The molecule has 9 heteroatoms. The van der Waals surface area contributed by atoms with E-state index in [1.807, 2.05) is 18.6 Å². The number of sulfonamides is 1. The van der Waals surface area contributed by atoms with Gasteiger partial charge in [-0.2, -0.15) is 0 Å². The number of hydrogen-bond acceptors (Lipinski definition) is 5. The lowest BCUT2D eigenvalue weighted by Gasteiger charge is -2.14. The molecule has 1 rings (SSSR count). The molecule has 130 valence electrons. The molecule has 23 heavy (non-hydrogen) atoms. The van der Waals surface area contributed by atoms with Crippen LogP contribution in [0.1, 0.15) is 37.7 Å². The zero-order valence-corrected chi connectivity index (χ0v) is 14.5. The van der Waals surface area contributed by atoms with Crippen LogP contribution in [0.5, 0.6) is 0 Å². The summed E-state index contributed by atoms with van der Waals surface area (Å²) in [6, 6.07) is 1.11. The first kappa shape index (κ1) is 19.2. The van der Waals surface area contributed by atoms with E-state index in [1.165, 1.54) is 24.7 Å². The first-order valence-electron chi connectivity index (χ1n) is 7.19. The Hall–Kier alpha value is -1.87. The average Bonchev–Trinajstić information content (AvgIpc) is 2.80. The molecule has 1 aromatic rings. The van der Waals surface area contributed by atoms with E-state index in [0.29, 0.717) is 12.5 Å². The largest absolute Gasteiger partial charge is 0.369 e. The molecule has 0 saturated carbocycles. The Bertz CT molecular complexity index is 679. The summed E-state index contributed by atoms with van der Waals surface area (Å²) in [5.74, 6) is -1.10. The van der Waals surface area contributed by atoms with Gasteiger partial charge in [-0.1, -0.05) is 13.8 Å². The van der Waals surface area contributed by atoms with Gasteiger partial charge in [-0.15, -0.1) is 0 Å². The lowest BCUT2D eigenvalue weighted by molar-refractivity contribution is -0.130. The normalized spacial score (nSPS) is 13.1. The highest BCUT2D eigenvalue weighted by Crippen LogP contribution is 2.13. The monoisotopic (exact) mass is 345 g/mol. The van der Waals surface area contributed by atoms with Crippen molar-refractivity contribution in [1.29, 1.82) is 0 Å². The first-order valence-corrected chi connectivity index (χ1v) is 8.67. The number of amides is 2. The number of nitrogens with two attached hydrogens (primary N) is 1. The molecule has 0 aliphatic carbocycles. The average molecular weight is 345 g/mol. The second kappa shape index (κ2) is 7.60. The summed E-state index contributed by atoms with van der Waals surface area (Å²) < 4.78 is 32.9. The van der Waals surface area contributed by atoms with Crippen LogP contribution in [0.2, 0.25) is 0 Å². The van der Waals surface area contributed by atoms with Gasteiger partial charge in [0.1, 0.15) is 16.7 Å². The molecule has 0 aliphatic heterocycles. The van der Waals surface area contributed by atoms with Gasteiger partial charge in [-0.3, -0.25) is 9.59 Å². The zero-order chi connectivity index (χ0) is 17.8. The molecular formula is C14H23N3O5S. The molecular weight excluding hydrogens is 322 g/mol. The van der Waals surface area contributed by atoms with Crippen LogP contribution < -0.4 is 10.5 Å². The van der Waals surface area contributed by atoms with Crippen molar-refractivity contribution in [3.05, 3.63) is 18.0 Å². The molecule has 0 bridgehead atoms. The van der Waals surface area contributed by atoms with Gasteiger partial charge in [-0.05, 0) is 25.3 Å². The van der Waals surface area contributed by atoms with Gasteiger partial charge in [-0.25, -0.2) is 13.1 Å². The highest BCUT2D eigenvalue weighted by Gasteiger charge is 2.24. The molecule has 0 fully saturated rings. The topological polar surface area (TPSA) is 120 Å². The third-order valence-electron chi connectivity index (χ3n) is 3.21. The van der Waals surface area contributed by atoms with E-state index in [-0.39, 0.29) is 10.6 Å². The molecule has 2 amide bonds. The second-order valence-electron chi connectivity index (χ2n) is 5.70. The van der Waals surface area contributed by atoms with Gasteiger partial charge in [0.05, 0.1) is 0 Å². The molecule has 0 saturated heterocycles. The summed E-state index contributed by atoms with van der Waals surface area (Å²) in [6.07, 6.45) is 1.08. The fourth-order valence-electron chi connectivity index (χ4n) is 1.76. The maximum Gasteiger partial charge on any atom is 0.265 e. The highest BCUT2D eigenvalue weighted by atomic mass is 32.2. The fraction of sp³-hybridized carbons (Fsp3) is 0.571. The number of carbonyl (C=O) groups excluding carboxylic acids is 2. The molecule has 0 aliphatic rings. The summed E-state index contributed by atoms with van der Waals surface area (Å²) in [5.41, 5.74) is 5.16. The Kier molecular flexibility index (Phi) is 6.34. The maximum absolute atomic E-state index is 12.2. The van der Waals surface area contributed by atoms with Crippen molar-refractivity contribution in [3.8, 4) is 0 Å². The van der Waals surface area contributed by atoms with Crippen molar-refractivity contribution in [2.45, 2.75) is 38.2 Å². The molecule has 0 aromatic carbocycles. The number of primary amides is 1. The molecule has 3 N–H and O–H groups in total. The highest BCUT2D eigenvalue weighted by molar-refractivity contribution is 7.90. The SMILES string of the molecule is CC(C)CCOC(C)C(=O)NS(=O)(=O)c1cc(C(N)=O)n(C)c1. The van der Waals surface area contributed by atoms with E-state index in [4.69, 9.17) is 10.5 Å². The minimum Gasteiger partial charge on any atom is -0.369 e. The van der Waals surface area contributed by atoms with Crippen molar-refractivity contribution in [1.82, 2.24) is 9.29 Å². The first-order chi connectivity index (χ1) is 10.5. The lowest BCUT2D eigenvalue weighted by Crippen LogP contribution is -2.38. The van der Waals surface area contributed by atoms with Crippen LogP contribution >= 0.6 is 0 Å². The van der Waals surface area contributed by atoms with Gasteiger partial charge in [0.25, 0.3) is 21.8 Å². The molecule has 1 heterocycles. The Morgan fingerprint density at radius 3 is 2.43 bits per heavy atom. The lowest BCUT2D eigenvalue weighted by atomic mass is 10.1. The van der Waals surface area contributed by atoms with Crippen LogP contribution in [0, 0.1) is 5.92 Å². The Morgan fingerprint density at radius 2 is 1.96 bits per heavy atom. The van der Waals surface area contributed by atoms with E-state index in [9.17, 15) is 18.0 Å². The van der Waals surface area contributed by atoms with E-state index in [1.54, 1.807) is 0 Å². The summed E-state index contributed by atoms with van der Waals surface area (Å²) in [5, 5.41) is 0. The number of carbonyl (C=O) groups is 2. The van der Waals surface area contributed by atoms with Crippen LogP contribution in [0.15, 0.2) is 17.2 Å². The van der Waals surface area contributed by atoms with E-state index in [0.717, 1.165) is 12.5 Å². The number of nitrogens with one attached hydrogen (secondary N) is 1. The van der Waals surface area contributed by atoms with Crippen molar-refractivity contribution in [2.75, 3.05) is 6.61 Å². The van der Waals surface area contributed by atoms with Crippen LogP contribution in [0.3, 0.4) is 0 Å². The molecule has 1 unspecified atom stereocenters. The fourth-order valence-corrected chi connectivity index (χ4v) is 2.87. The number of rotatable bonds is 8. The number of hydrogen-bond donors (Lipinski definition) is 2. The van der Waals surface area contributed by atoms with Gasteiger partial charge < -0.3 is 15.0 Å². The summed E-state index contributed by atoms with van der Waals surface area (Å²) in [6.45, 7) is 5.88. The Balaban J connectivity index is 2.76. The molecule has 0 spiro atoms. The number of aryl methyl sites for hydroxylation is 1. The van der Waals surface area contributed by atoms with Crippen molar-refractivity contribution in [2.24, 2.45) is 18.7 Å².